The predicted octanol–water partition coefficient (Wildman–Crippen LogP) is 1.51. The van der Waals surface area contributed by atoms with E-state index in [0.29, 0.717) is 6.42 Å². The lowest BCUT2D eigenvalue weighted by Gasteiger charge is -2.08. The molecule has 0 spiro atoms. The molecule has 3 heterocycles. The predicted molar refractivity (Wildman–Crippen MR) is 73.5 cm³/mol. The summed E-state index contributed by atoms with van der Waals surface area (Å²) in [6.45, 7) is 0. The summed E-state index contributed by atoms with van der Waals surface area (Å²) in [6.07, 6.45) is 4.09. The number of aromatic nitrogens is 5. The van der Waals surface area contributed by atoms with Crippen molar-refractivity contribution in [3.63, 3.8) is 0 Å². The monoisotopic (exact) mass is 274 g/mol. The molecule has 3 N–H and O–H groups in total. The fraction of sp³-hybridized carbons (Fsp3) is 0.250. The van der Waals surface area contributed by atoms with E-state index < -0.39 is 0 Å². The number of nitrogens with zero attached hydrogens (tertiary/aromatic N) is 4. The summed E-state index contributed by atoms with van der Waals surface area (Å²) in [6, 6.07) is 3.79. The van der Waals surface area contributed by atoms with Crippen molar-refractivity contribution in [3.05, 3.63) is 41.6 Å². The normalized spacial score (nSPS) is 12.7. The minimum atomic E-state index is -0.202. The first kappa shape index (κ1) is 12.1. The lowest BCUT2D eigenvalue weighted by atomic mass is 10.1. The number of H-pyrrole nitrogens is 1. The van der Waals surface area contributed by atoms with Crippen LogP contribution in [0.2, 0.25) is 0 Å². The molecule has 3 rings (SSSR count). The molecule has 0 aliphatic rings. The summed E-state index contributed by atoms with van der Waals surface area (Å²) in [5, 5.41) is 6.42. The van der Waals surface area contributed by atoms with E-state index in [-0.39, 0.29) is 6.04 Å². The third-order valence-corrected chi connectivity index (χ3v) is 3.73. The van der Waals surface area contributed by atoms with Gasteiger partial charge in [0.05, 0.1) is 17.2 Å². The highest BCUT2D eigenvalue weighted by Crippen LogP contribution is 2.23. The van der Waals surface area contributed by atoms with Gasteiger partial charge in [0.15, 0.2) is 5.82 Å². The molecule has 0 bridgehead atoms. The first-order valence-corrected chi connectivity index (χ1v) is 6.79. The van der Waals surface area contributed by atoms with Gasteiger partial charge >= 0.3 is 0 Å². The van der Waals surface area contributed by atoms with Crippen LogP contribution in [0.5, 0.6) is 0 Å². The number of nitrogens with two attached hydrogens (primary N) is 1. The maximum atomic E-state index is 6.19. The van der Waals surface area contributed by atoms with Crippen LogP contribution in [-0.2, 0) is 13.5 Å². The van der Waals surface area contributed by atoms with Crippen LogP contribution in [0.25, 0.3) is 10.7 Å². The summed E-state index contributed by atoms with van der Waals surface area (Å²) < 4.78 is 1.75. The number of hydrogen-bond donors (Lipinski definition) is 2. The van der Waals surface area contributed by atoms with Gasteiger partial charge in [-0.3, -0.25) is 4.68 Å². The molecule has 19 heavy (non-hydrogen) atoms. The van der Waals surface area contributed by atoms with E-state index in [1.165, 1.54) is 0 Å². The molecular weight excluding hydrogens is 260 g/mol. The van der Waals surface area contributed by atoms with Crippen LogP contribution >= 0.6 is 11.3 Å². The molecule has 3 aromatic heterocycles. The van der Waals surface area contributed by atoms with Crippen molar-refractivity contribution in [3.8, 4) is 10.7 Å². The van der Waals surface area contributed by atoms with Crippen molar-refractivity contribution < 1.29 is 0 Å². The lowest BCUT2D eigenvalue weighted by molar-refractivity contribution is 0.597. The maximum Gasteiger partial charge on any atom is 0.191 e. The molecule has 1 atom stereocenters. The van der Waals surface area contributed by atoms with Gasteiger partial charge in [0.2, 0.25) is 0 Å². The van der Waals surface area contributed by atoms with Gasteiger partial charge in [-0.25, -0.2) is 9.97 Å². The minimum absolute atomic E-state index is 0.202. The van der Waals surface area contributed by atoms with E-state index in [2.05, 4.69) is 20.1 Å². The smallest absolute Gasteiger partial charge is 0.191 e. The number of thiophene rings is 1. The van der Waals surface area contributed by atoms with Gasteiger partial charge in [-0.2, -0.15) is 5.10 Å². The van der Waals surface area contributed by atoms with Crippen molar-refractivity contribution in [2.24, 2.45) is 12.8 Å². The minimum Gasteiger partial charge on any atom is -0.348 e. The van der Waals surface area contributed by atoms with Crippen LogP contribution in [0, 0.1) is 0 Å². The molecule has 0 saturated heterocycles. The summed E-state index contributed by atoms with van der Waals surface area (Å²) >= 11 is 1.62. The van der Waals surface area contributed by atoms with Crippen molar-refractivity contribution in [1.82, 2.24) is 24.7 Å². The number of nitrogens with one attached hydrogen (secondary N) is 1. The summed E-state index contributed by atoms with van der Waals surface area (Å²) in [4.78, 5) is 12.6. The Balaban J connectivity index is 1.84. The van der Waals surface area contributed by atoms with E-state index in [0.717, 1.165) is 22.2 Å². The lowest BCUT2D eigenvalue weighted by Crippen LogP contribution is -2.18. The molecular formula is C12H14N6S. The van der Waals surface area contributed by atoms with Crippen molar-refractivity contribution in [2.75, 3.05) is 0 Å². The average molecular weight is 274 g/mol. The zero-order valence-electron chi connectivity index (χ0n) is 10.4. The molecule has 98 valence electrons. The third-order valence-electron chi connectivity index (χ3n) is 2.86. The standard InChI is InChI=1S/C12H14N6S/c1-18-12(9(13)5-8-6-14-7-15-8)16-11(17-18)10-3-2-4-19-10/h2-4,6-7,9H,5,13H2,1H3,(H,14,15). The number of rotatable bonds is 4. The van der Waals surface area contributed by atoms with Crippen molar-refractivity contribution in [2.45, 2.75) is 12.5 Å². The molecule has 1 unspecified atom stereocenters. The quantitative estimate of drug-likeness (QED) is 0.755. The number of aryl methyl sites for hydroxylation is 1. The Morgan fingerprint density at radius 1 is 1.53 bits per heavy atom. The Morgan fingerprint density at radius 2 is 2.42 bits per heavy atom. The highest BCUT2D eigenvalue weighted by Gasteiger charge is 2.17. The molecule has 6 nitrogen and oxygen atoms in total. The van der Waals surface area contributed by atoms with Crippen molar-refractivity contribution >= 4 is 11.3 Å². The molecule has 0 aliphatic carbocycles. The summed E-state index contributed by atoms with van der Waals surface area (Å²) in [5.74, 6) is 1.51. The van der Waals surface area contributed by atoms with E-state index in [1.807, 2.05) is 24.6 Å². The van der Waals surface area contributed by atoms with Gasteiger partial charge in [0, 0.05) is 25.4 Å². The van der Waals surface area contributed by atoms with E-state index in [1.54, 1.807) is 28.5 Å². The van der Waals surface area contributed by atoms with Crippen LogP contribution < -0.4 is 5.73 Å². The SMILES string of the molecule is Cn1nc(-c2cccs2)nc1C(N)Cc1cnc[nH]1. The number of imidazole rings is 1. The molecule has 0 aliphatic heterocycles. The number of aromatic amines is 1. The third kappa shape index (κ3) is 2.42. The Bertz CT molecular complexity index is 640. The molecule has 0 aromatic carbocycles. The Hall–Kier alpha value is -1.99. The van der Waals surface area contributed by atoms with E-state index in [4.69, 9.17) is 5.73 Å². The molecule has 0 radical (unpaired) electrons. The number of hydrogen-bond acceptors (Lipinski definition) is 5. The fourth-order valence-electron chi connectivity index (χ4n) is 1.95. The highest BCUT2D eigenvalue weighted by atomic mass is 32.1. The Morgan fingerprint density at radius 3 is 3.11 bits per heavy atom. The van der Waals surface area contributed by atoms with Crippen LogP contribution in [-0.4, -0.2) is 24.7 Å². The molecule has 3 aromatic rings. The molecule has 7 heteroatoms. The average Bonchev–Trinajstić information content (AvgIpc) is 3.07. The topological polar surface area (TPSA) is 85.4 Å². The Kier molecular flexibility index (Phi) is 3.14. The summed E-state index contributed by atoms with van der Waals surface area (Å²) in [7, 11) is 1.87. The van der Waals surface area contributed by atoms with Crippen LogP contribution in [0.1, 0.15) is 17.6 Å². The fourth-order valence-corrected chi connectivity index (χ4v) is 2.61. The first-order valence-electron chi connectivity index (χ1n) is 5.91. The molecule has 0 saturated carbocycles. The van der Waals surface area contributed by atoms with Gasteiger partial charge in [0.1, 0.15) is 5.82 Å². The van der Waals surface area contributed by atoms with Crippen LogP contribution in [0.4, 0.5) is 0 Å². The second-order valence-electron chi connectivity index (χ2n) is 4.28. The largest absolute Gasteiger partial charge is 0.348 e. The molecule has 0 fully saturated rings. The second kappa shape index (κ2) is 4.94. The van der Waals surface area contributed by atoms with Gasteiger partial charge in [-0.05, 0) is 11.4 Å². The van der Waals surface area contributed by atoms with Crippen molar-refractivity contribution in [1.29, 1.82) is 0 Å². The van der Waals surface area contributed by atoms with Crippen LogP contribution in [0.3, 0.4) is 0 Å². The van der Waals surface area contributed by atoms with E-state index >= 15 is 0 Å². The first-order chi connectivity index (χ1) is 9.24. The van der Waals surface area contributed by atoms with Gasteiger partial charge in [-0.15, -0.1) is 11.3 Å². The van der Waals surface area contributed by atoms with Gasteiger partial charge < -0.3 is 10.7 Å². The summed E-state index contributed by atoms with van der Waals surface area (Å²) in [5.41, 5.74) is 7.18. The van der Waals surface area contributed by atoms with E-state index in [9.17, 15) is 0 Å². The maximum absolute atomic E-state index is 6.19. The second-order valence-corrected chi connectivity index (χ2v) is 5.23. The zero-order valence-corrected chi connectivity index (χ0v) is 11.3. The zero-order chi connectivity index (χ0) is 13.2. The van der Waals surface area contributed by atoms with Gasteiger partial charge in [0.25, 0.3) is 0 Å². The van der Waals surface area contributed by atoms with Crippen LogP contribution in [0.15, 0.2) is 30.0 Å². The van der Waals surface area contributed by atoms with Gasteiger partial charge in [-0.1, -0.05) is 6.07 Å². The molecule has 0 amide bonds. The highest BCUT2D eigenvalue weighted by molar-refractivity contribution is 7.13. The Labute approximate surface area is 114 Å².